The van der Waals surface area contributed by atoms with Crippen molar-refractivity contribution in [2.75, 3.05) is 20.3 Å². The van der Waals surface area contributed by atoms with Crippen LogP contribution in [0.15, 0.2) is 30.3 Å². The lowest BCUT2D eigenvalue weighted by molar-refractivity contribution is -0.0231. The van der Waals surface area contributed by atoms with Crippen LogP contribution in [0.25, 0.3) is 0 Å². The molecule has 3 nitrogen and oxygen atoms in total. The molecule has 2 atom stereocenters. The lowest BCUT2D eigenvalue weighted by atomic mass is 9.90. The van der Waals surface area contributed by atoms with Crippen molar-refractivity contribution in [2.45, 2.75) is 44.9 Å². The molecular formula is C17H27NO2. The van der Waals surface area contributed by atoms with Crippen LogP contribution >= 0.6 is 0 Å². The summed E-state index contributed by atoms with van der Waals surface area (Å²) in [5.74, 6) is 0.401. The molecule has 0 bridgehead atoms. The molecule has 3 heteroatoms. The second-order valence-electron chi connectivity index (χ2n) is 6.10. The number of ether oxygens (including phenoxy) is 1. The van der Waals surface area contributed by atoms with Crippen LogP contribution in [-0.2, 0) is 4.74 Å². The Morgan fingerprint density at radius 1 is 1.15 bits per heavy atom. The Labute approximate surface area is 122 Å². The molecule has 1 saturated heterocycles. The van der Waals surface area contributed by atoms with Gasteiger partial charge in [0.2, 0.25) is 0 Å². The zero-order valence-corrected chi connectivity index (χ0v) is 12.8. The minimum Gasteiger partial charge on any atom is -0.387 e. The van der Waals surface area contributed by atoms with Gasteiger partial charge in [-0.2, -0.15) is 0 Å². The van der Waals surface area contributed by atoms with Crippen molar-refractivity contribution in [3.8, 4) is 0 Å². The fourth-order valence-electron chi connectivity index (χ4n) is 3.24. The van der Waals surface area contributed by atoms with E-state index in [4.69, 9.17) is 4.74 Å². The molecule has 1 aliphatic heterocycles. The Morgan fingerprint density at radius 2 is 1.75 bits per heavy atom. The molecule has 0 saturated carbocycles. The van der Waals surface area contributed by atoms with Crippen molar-refractivity contribution < 1.29 is 9.84 Å². The van der Waals surface area contributed by atoms with E-state index in [1.807, 2.05) is 30.3 Å². The average Bonchev–Trinajstić information content (AvgIpc) is 2.48. The maximum Gasteiger partial charge on any atom is 0.0947 e. The van der Waals surface area contributed by atoms with Crippen molar-refractivity contribution >= 4 is 0 Å². The number of aliphatic hydroxyl groups is 1. The first-order valence-corrected chi connectivity index (χ1v) is 7.64. The summed E-state index contributed by atoms with van der Waals surface area (Å²) in [5, 5.41) is 10.8. The first kappa shape index (κ1) is 15.5. The summed E-state index contributed by atoms with van der Waals surface area (Å²) in [5.41, 5.74) is 1.00. The van der Waals surface area contributed by atoms with E-state index in [-0.39, 0.29) is 6.04 Å². The Balaban J connectivity index is 2.13. The number of benzene rings is 1. The quantitative estimate of drug-likeness (QED) is 0.898. The fraction of sp³-hybridized carbons (Fsp3) is 0.647. The van der Waals surface area contributed by atoms with Gasteiger partial charge < -0.3 is 9.84 Å². The van der Waals surface area contributed by atoms with Crippen LogP contribution < -0.4 is 0 Å². The van der Waals surface area contributed by atoms with E-state index in [0.29, 0.717) is 12.0 Å². The largest absolute Gasteiger partial charge is 0.387 e. The van der Waals surface area contributed by atoms with Crippen molar-refractivity contribution in [3.05, 3.63) is 35.9 Å². The van der Waals surface area contributed by atoms with Crippen LogP contribution in [0.2, 0.25) is 0 Å². The van der Waals surface area contributed by atoms with Gasteiger partial charge in [-0.25, -0.2) is 0 Å². The Bertz CT molecular complexity index is 387. The Hall–Kier alpha value is -0.900. The van der Waals surface area contributed by atoms with Crippen LogP contribution in [0, 0.1) is 5.92 Å². The lowest BCUT2D eigenvalue weighted by Crippen LogP contribution is -2.48. The number of aliphatic hydroxyl groups excluding tert-OH is 1. The zero-order chi connectivity index (χ0) is 14.5. The molecule has 1 aromatic rings. The van der Waals surface area contributed by atoms with Crippen LogP contribution in [0.5, 0.6) is 0 Å². The molecule has 0 aromatic heterocycles. The van der Waals surface area contributed by atoms with Gasteiger partial charge >= 0.3 is 0 Å². The van der Waals surface area contributed by atoms with E-state index in [9.17, 15) is 5.11 Å². The first-order chi connectivity index (χ1) is 9.61. The molecule has 1 aliphatic rings. The van der Waals surface area contributed by atoms with E-state index in [0.717, 1.165) is 31.6 Å². The molecule has 1 aromatic carbocycles. The van der Waals surface area contributed by atoms with E-state index in [2.05, 4.69) is 25.8 Å². The minimum atomic E-state index is -0.441. The summed E-state index contributed by atoms with van der Waals surface area (Å²) in [6.45, 7) is 6.04. The maximum atomic E-state index is 10.8. The Morgan fingerprint density at radius 3 is 2.30 bits per heavy atom. The summed E-state index contributed by atoms with van der Waals surface area (Å²) in [4.78, 5) is 2.37. The molecule has 20 heavy (non-hydrogen) atoms. The molecule has 0 radical (unpaired) electrons. The molecule has 1 fully saturated rings. The standard InChI is InChI=1S/C17H27NO2/c1-13(2)16(17(19)14-7-5-4-6-8-14)18(3)15-9-11-20-12-10-15/h4-8,13,15-17,19H,9-12H2,1-3H3. The summed E-state index contributed by atoms with van der Waals surface area (Å²) in [6.07, 6.45) is 1.67. The summed E-state index contributed by atoms with van der Waals surface area (Å²) in [7, 11) is 2.15. The van der Waals surface area contributed by atoms with Crippen molar-refractivity contribution in [1.82, 2.24) is 4.90 Å². The van der Waals surface area contributed by atoms with Crippen molar-refractivity contribution in [1.29, 1.82) is 0 Å². The van der Waals surface area contributed by atoms with Crippen LogP contribution in [-0.4, -0.2) is 42.4 Å². The van der Waals surface area contributed by atoms with E-state index >= 15 is 0 Å². The van der Waals surface area contributed by atoms with Crippen LogP contribution in [0.1, 0.15) is 38.4 Å². The molecule has 2 unspecified atom stereocenters. The van der Waals surface area contributed by atoms with Crippen LogP contribution in [0.3, 0.4) is 0 Å². The third-order valence-corrected chi connectivity index (χ3v) is 4.38. The number of hydrogen-bond acceptors (Lipinski definition) is 3. The van der Waals surface area contributed by atoms with Gasteiger partial charge in [-0.05, 0) is 31.4 Å². The number of nitrogens with zero attached hydrogens (tertiary/aromatic N) is 1. The fourth-order valence-corrected chi connectivity index (χ4v) is 3.24. The topological polar surface area (TPSA) is 32.7 Å². The van der Waals surface area contributed by atoms with Gasteiger partial charge in [0.15, 0.2) is 0 Å². The third-order valence-electron chi connectivity index (χ3n) is 4.38. The lowest BCUT2D eigenvalue weighted by Gasteiger charge is -2.41. The smallest absolute Gasteiger partial charge is 0.0947 e. The summed E-state index contributed by atoms with van der Waals surface area (Å²) < 4.78 is 5.45. The highest BCUT2D eigenvalue weighted by atomic mass is 16.5. The highest BCUT2D eigenvalue weighted by Gasteiger charge is 2.32. The van der Waals surface area contributed by atoms with E-state index in [1.54, 1.807) is 0 Å². The zero-order valence-electron chi connectivity index (χ0n) is 12.8. The number of likely N-dealkylation sites (N-methyl/N-ethyl adjacent to an activating group) is 1. The predicted octanol–water partition coefficient (Wildman–Crippen LogP) is 2.86. The van der Waals surface area contributed by atoms with Crippen molar-refractivity contribution in [2.24, 2.45) is 5.92 Å². The van der Waals surface area contributed by atoms with Gasteiger partial charge in [-0.3, -0.25) is 4.90 Å². The number of rotatable bonds is 5. The summed E-state index contributed by atoms with van der Waals surface area (Å²) >= 11 is 0. The predicted molar refractivity (Wildman–Crippen MR) is 81.6 cm³/mol. The monoisotopic (exact) mass is 277 g/mol. The molecule has 1 N–H and O–H groups in total. The number of hydrogen-bond donors (Lipinski definition) is 1. The van der Waals surface area contributed by atoms with Gasteiger partial charge in [0.05, 0.1) is 6.10 Å². The molecule has 1 heterocycles. The molecule has 2 rings (SSSR count). The second-order valence-corrected chi connectivity index (χ2v) is 6.10. The minimum absolute atomic E-state index is 0.139. The van der Waals surface area contributed by atoms with E-state index < -0.39 is 6.10 Å². The molecule has 0 aliphatic carbocycles. The van der Waals surface area contributed by atoms with Gasteiger partial charge in [0, 0.05) is 25.3 Å². The van der Waals surface area contributed by atoms with Crippen LogP contribution in [0.4, 0.5) is 0 Å². The molecule has 0 spiro atoms. The second kappa shape index (κ2) is 7.21. The molecule has 112 valence electrons. The average molecular weight is 277 g/mol. The Kier molecular flexibility index (Phi) is 5.58. The van der Waals surface area contributed by atoms with Crippen molar-refractivity contribution in [3.63, 3.8) is 0 Å². The molecular weight excluding hydrogens is 250 g/mol. The maximum absolute atomic E-state index is 10.8. The van der Waals surface area contributed by atoms with Gasteiger partial charge in [-0.1, -0.05) is 44.2 Å². The van der Waals surface area contributed by atoms with Gasteiger partial charge in [0.25, 0.3) is 0 Å². The van der Waals surface area contributed by atoms with Gasteiger partial charge in [-0.15, -0.1) is 0 Å². The summed E-state index contributed by atoms with van der Waals surface area (Å²) in [6, 6.07) is 10.6. The highest BCUT2D eigenvalue weighted by molar-refractivity contribution is 5.19. The normalized spacial score (nSPS) is 20.3. The highest BCUT2D eigenvalue weighted by Crippen LogP contribution is 2.29. The first-order valence-electron chi connectivity index (χ1n) is 7.64. The molecule has 0 amide bonds. The van der Waals surface area contributed by atoms with Gasteiger partial charge in [0.1, 0.15) is 0 Å². The van der Waals surface area contributed by atoms with E-state index in [1.165, 1.54) is 0 Å². The third kappa shape index (κ3) is 3.60. The SMILES string of the molecule is CC(C)C(C(O)c1ccccc1)N(C)C1CCOCC1.